The van der Waals surface area contributed by atoms with Gasteiger partial charge in [-0.25, -0.2) is 13.6 Å². The Morgan fingerprint density at radius 2 is 1.85 bits per heavy atom. The first-order chi connectivity index (χ1) is 9.20. The first kappa shape index (κ1) is 14.8. The van der Waals surface area contributed by atoms with Gasteiger partial charge in [-0.2, -0.15) is 0 Å². The molecule has 1 aromatic carbocycles. The van der Waals surface area contributed by atoms with Gasteiger partial charge in [0, 0.05) is 13.1 Å². The molecule has 0 aliphatic carbocycles. The predicted molar refractivity (Wildman–Crippen MR) is 73.1 cm³/mol. The maximum atomic E-state index is 14.0. The molecular weight excluding hydrogens is 264 g/mol. The average Bonchev–Trinajstić information content (AvgIpc) is 2.76. The smallest absolute Gasteiger partial charge is 0.335 e. The standard InChI is InChI=1S/C15H19F2NO2/c1-15(2,3)10-4-5-18(8-10)13-11(16)6-9(14(19)20)7-12(13)17/h6-7,10H,4-5,8H2,1-3H3,(H,19,20). The summed E-state index contributed by atoms with van der Waals surface area (Å²) in [6.07, 6.45) is 0.878. The van der Waals surface area contributed by atoms with E-state index >= 15 is 0 Å². The molecule has 0 spiro atoms. The summed E-state index contributed by atoms with van der Waals surface area (Å²) < 4.78 is 28.0. The maximum absolute atomic E-state index is 14.0. The van der Waals surface area contributed by atoms with E-state index in [0.29, 0.717) is 19.0 Å². The molecule has 1 atom stereocenters. The van der Waals surface area contributed by atoms with Gasteiger partial charge in [-0.3, -0.25) is 0 Å². The first-order valence-corrected chi connectivity index (χ1v) is 6.67. The Balaban J connectivity index is 2.29. The van der Waals surface area contributed by atoms with Crippen molar-refractivity contribution in [2.45, 2.75) is 27.2 Å². The summed E-state index contributed by atoms with van der Waals surface area (Å²) in [7, 11) is 0. The molecule has 20 heavy (non-hydrogen) atoms. The number of carbonyl (C=O) groups is 1. The lowest BCUT2D eigenvalue weighted by molar-refractivity contribution is 0.0696. The topological polar surface area (TPSA) is 40.5 Å². The Hall–Kier alpha value is -1.65. The summed E-state index contributed by atoms with van der Waals surface area (Å²) in [5.41, 5.74) is -0.389. The van der Waals surface area contributed by atoms with Gasteiger partial charge in [-0.15, -0.1) is 0 Å². The predicted octanol–water partition coefficient (Wildman–Crippen LogP) is 3.54. The summed E-state index contributed by atoms with van der Waals surface area (Å²) in [6.45, 7) is 7.51. The Bertz CT molecular complexity index is 514. The van der Waals surface area contributed by atoms with Gasteiger partial charge in [0.25, 0.3) is 0 Å². The molecule has 1 aliphatic heterocycles. The van der Waals surface area contributed by atoms with Gasteiger partial charge in [0.15, 0.2) is 0 Å². The number of carboxylic acid groups (broad SMARTS) is 1. The van der Waals surface area contributed by atoms with Crippen molar-refractivity contribution in [1.82, 2.24) is 0 Å². The van der Waals surface area contributed by atoms with Crippen LogP contribution in [0.25, 0.3) is 0 Å². The zero-order valence-electron chi connectivity index (χ0n) is 11.9. The minimum Gasteiger partial charge on any atom is -0.478 e. The quantitative estimate of drug-likeness (QED) is 0.902. The Morgan fingerprint density at radius 1 is 1.30 bits per heavy atom. The minimum atomic E-state index is -1.33. The van der Waals surface area contributed by atoms with Crippen LogP contribution in [0.1, 0.15) is 37.6 Å². The van der Waals surface area contributed by atoms with Crippen LogP contribution in [0.15, 0.2) is 12.1 Å². The van der Waals surface area contributed by atoms with Crippen molar-refractivity contribution in [3.05, 3.63) is 29.3 Å². The van der Waals surface area contributed by atoms with Crippen molar-refractivity contribution in [2.75, 3.05) is 18.0 Å². The highest BCUT2D eigenvalue weighted by atomic mass is 19.1. The number of aromatic carboxylic acids is 1. The molecule has 1 unspecified atom stereocenters. The van der Waals surface area contributed by atoms with Gasteiger partial charge in [-0.1, -0.05) is 20.8 Å². The molecule has 5 heteroatoms. The summed E-state index contributed by atoms with van der Waals surface area (Å²) in [5, 5.41) is 8.79. The molecule has 0 radical (unpaired) electrons. The summed E-state index contributed by atoms with van der Waals surface area (Å²) >= 11 is 0. The highest BCUT2D eigenvalue weighted by molar-refractivity contribution is 5.88. The Kier molecular flexibility index (Phi) is 3.71. The number of hydrogen-bond acceptors (Lipinski definition) is 2. The largest absolute Gasteiger partial charge is 0.478 e. The number of halogens is 2. The molecule has 0 aromatic heterocycles. The second-order valence-corrected chi connectivity index (χ2v) is 6.39. The van der Waals surface area contributed by atoms with E-state index in [9.17, 15) is 13.6 Å². The normalized spacial score (nSPS) is 19.4. The molecule has 2 rings (SSSR count). The van der Waals surface area contributed by atoms with Crippen molar-refractivity contribution >= 4 is 11.7 Å². The van der Waals surface area contributed by atoms with Gasteiger partial charge in [0.1, 0.15) is 17.3 Å². The van der Waals surface area contributed by atoms with Crippen molar-refractivity contribution in [3.63, 3.8) is 0 Å². The molecule has 0 amide bonds. The van der Waals surface area contributed by atoms with Gasteiger partial charge in [0.05, 0.1) is 5.56 Å². The number of benzene rings is 1. The van der Waals surface area contributed by atoms with Crippen molar-refractivity contribution < 1.29 is 18.7 Å². The van der Waals surface area contributed by atoms with Crippen LogP contribution in [0.5, 0.6) is 0 Å². The fraction of sp³-hybridized carbons (Fsp3) is 0.533. The van der Waals surface area contributed by atoms with E-state index in [2.05, 4.69) is 20.8 Å². The van der Waals surface area contributed by atoms with E-state index in [-0.39, 0.29) is 16.7 Å². The minimum absolute atomic E-state index is 0.0860. The Morgan fingerprint density at radius 3 is 2.25 bits per heavy atom. The van der Waals surface area contributed by atoms with E-state index in [0.717, 1.165) is 18.6 Å². The molecule has 0 saturated carbocycles. The summed E-state index contributed by atoms with van der Waals surface area (Å²) in [4.78, 5) is 12.4. The van der Waals surface area contributed by atoms with Crippen LogP contribution in [0.4, 0.5) is 14.5 Å². The van der Waals surface area contributed by atoms with Crippen LogP contribution in [0.3, 0.4) is 0 Å². The van der Waals surface area contributed by atoms with Crippen LogP contribution in [-0.4, -0.2) is 24.2 Å². The van der Waals surface area contributed by atoms with E-state index in [1.807, 2.05) is 0 Å². The fourth-order valence-electron chi connectivity index (χ4n) is 2.66. The Labute approximate surface area is 117 Å². The fourth-order valence-corrected chi connectivity index (χ4v) is 2.66. The molecule has 1 aromatic rings. The third-order valence-corrected chi connectivity index (χ3v) is 3.99. The molecule has 3 nitrogen and oxygen atoms in total. The number of rotatable bonds is 2. The molecule has 1 fully saturated rings. The molecule has 1 aliphatic rings. The zero-order chi connectivity index (χ0) is 15.1. The van der Waals surface area contributed by atoms with Gasteiger partial charge in [0.2, 0.25) is 0 Å². The highest BCUT2D eigenvalue weighted by Gasteiger charge is 2.34. The lowest BCUT2D eigenvalue weighted by Gasteiger charge is -2.27. The lowest BCUT2D eigenvalue weighted by Crippen LogP contribution is -2.27. The molecule has 1 N–H and O–H groups in total. The van der Waals surface area contributed by atoms with E-state index in [1.54, 1.807) is 4.90 Å². The van der Waals surface area contributed by atoms with Crippen molar-refractivity contribution in [2.24, 2.45) is 11.3 Å². The third-order valence-electron chi connectivity index (χ3n) is 3.99. The number of nitrogens with zero attached hydrogens (tertiary/aromatic N) is 1. The van der Waals surface area contributed by atoms with Crippen molar-refractivity contribution in [1.29, 1.82) is 0 Å². The van der Waals surface area contributed by atoms with Crippen molar-refractivity contribution in [3.8, 4) is 0 Å². The van der Waals surface area contributed by atoms with Crippen LogP contribution < -0.4 is 4.90 Å². The monoisotopic (exact) mass is 283 g/mol. The third kappa shape index (κ3) is 2.76. The van der Waals surface area contributed by atoms with Crippen LogP contribution in [-0.2, 0) is 0 Å². The molecule has 110 valence electrons. The van der Waals surface area contributed by atoms with Gasteiger partial charge < -0.3 is 10.0 Å². The number of hydrogen-bond donors (Lipinski definition) is 1. The van der Waals surface area contributed by atoms with E-state index in [1.165, 1.54) is 0 Å². The molecular formula is C15H19F2NO2. The highest BCUT2D eigenvalue weighted by Crippen LogP contribution is 2.37. The zero-order valence-corrected chi connectivity index (χ0v) is 11.9. The SMILES string of the molecule is CC(C)(C)C1CCN(c2c(F)cc(C(=O)O)cc2F)C1. The molecule has 1 heterocycles. The number of carboxylic acids is 1. The summed E-state index contributed by atoms with van der Waals surface area (Å²) in [6, 6.07) is 1.76. The summed E-state index contributed by atoms with van der Waals surface area (Å²) in [5.74, 6) is -2.59. The van der Waals surface area contributed by atoms with Crippen LogP contribution in [0.2, 0.25) is 0 Å². The molecule has 0 bridgehead atoms. The van der Waals surface area contributed by atoms with Gasteiger partial charge >= 0.3 is 5.97 Å². The number of anilines is 1. The second kappa shape index (κ2) is 5.04. The van der Waals surface area contributed by atoms with E-state index in [4.69, 9.17) is 5.11 Å². The van der Waals surface area contributed by atoms with Crippen LogP contribution >= 0.6 is 0 Å². The lowest BCUT2D eigenvalue weighted by atomic mass is 9.80. The maximum Gasteiger partial charge on any atom is 0.335 e. The first-order valence-electron chi connectivity index (χ1n) is 6.67. The second-order valence-electron chi connectivity index (χ2n) is 6.39. The van der Waals surface area contributed by atoms with Crippen LogP contribution in [0, 0.1) is 23.0 Å². The average molecular weight is 283 g/mol. The van der Waals surface area contributed by atoms with Gasteiger partial charge in [-0.05, 0) is 29.9 Å². The van der Waals surface area contributed by atoms with E-state index < -0.39 is 17.6 Å². The molecule has 1 saturated heterocycles.